The van der Waals surface area contributed by atoms with Crippen LogP contribution in [0.15, 0.2) is 53.6 Å². The quantitative estimate of drug-likeness (QED) is 0.412. The van der Waals surface area contributed by atoms with E-state index in [1.54, 1.807) is 13.3 Å². The molecule has 2 aromatic carbocycles. The fourth-order valence-corrected chi connectivity index (χ4v) is 3.12. The maximum atomic E-state index is 12.8. The van der Waals surface area contributed by atoms with Gasteiger partial charge in [0.25, 0.3) is 5.91 Å². The molecule has 0 radical (unpaired) electrons. The number of hydrogen-bond acceptors (Lipinski definition) is 5. The van der Waals surface area contributed by atoms with Crippen molar-refractivity contribution in [2.24, 2.45) is 5.10 Å². The number of carbonyl (C=O) groups excluding carboxylic acids is 1. The molecule has 0 fully saturated rings. The first kappa shape index (κ1) is 21.3. The van der Waals surface area contributed by atoms with E-state index < -0.39 is 0 Å². The Morgan fingerprint density at radius 3 is 2.70 bits per heavy atom. The van der Waals surface area contributed by atoms with Crippen LogP contribution in [0.2, 0.25) is 0 Å². The fraction of sp³-hybridized carbons (Fsp3) is 0.292. The average Bonchev–Trinajstić information content (AvgIpc) is 2.77. The molecule has 0 aliphatic rings. The van der Waals surface area contributed by atoms with E-state index in [9.17, 15) is 4.79 Å². The molecule has 30 heavy (non-hydrogen) atoms. The van der Waals surface area contributed by atoms with Gasteiger partial charge in [-0.15, -0.1) is 0 Å². The average molecular weight is 405 g/mol. The Morgan fingerprint density at radius 1 is 1.10 bits per heavy atom. The van der Waals surface area contributed by atoms with Crippen LogP contribution in [0.4, 0.5) is 0 Å². The molecule has 0 atom stereocenters. The van der Waals surface area contributed by atoms with Gasteiger partial charge in [-0.3, -0.25) is 9.78 Å². The summed E-state index contributed by atoms with van der Waals surface area (Å²) in [5, 5.41) is 4.94. The second-order valence-electron chi connectivity index (χ2n) is 6.89. The standard InChI is InChI=1S/C24H27N3O3/c1-4-8-18-15-20(19-9-6-7-10-21(19)26-18)24(28)27-25-16-17-11-12-22(30-13-5-2)23(14-17)29-3/h6-7,9-12,14-16H,4-5,8,13H2,1-3H3,(H,27,28). The third-order valence-corrected chi connectivity index (χ3v) is 4.55. The molecule has 0 aliphatic carbocycles. The number of aromatic nitrogens is 1. The molecule has 0 saturated heterocycles. The zero-order chi connectivity index (χ0) is 21.3. The van der Waals surface area contributed by atoms with Gasteiger partial charge in [0, 0.05) is 11.1 Å². The van der Waals surface area contributed by atoms with Crippen LogP contribution in [-0.4, -0.2) is 30.8 Å². The van der Waals surface area contributed by atoms with Crippen molar-refractivity contribution in [2.75, 3.05) is 13.7 Å². The summed E-state index contributed by atoms with van der Waals surface area (Å²) in [6.45, 7) is 4.76. The Hall–Kier alpha value is -3.41. The van der Waals surface area contributed by atoms with Crippen molar-refractivity contribution >= 4 is 23.0 Å². The summed E-state index contributed by atoms with van der Waals surface area (Å²) in [7, 11) is 1.60. The highest BCUT2D eigenvalue weighted by atomic mass is 16.5. The van der Waals surface area contributed by atoms with Crippen molar-refractivity contribution in [3.63, 3.8) is 0 Å². The minimum Gasteiger partial charge on any atom is -0.493 e. The first-order chi connectivity index (χ1) is 14.7. The van der Waals surface area contributed by atoms with Crippen LogP contribution in [0.1, 0.15) is 48.3 Å². The minimum atomic E-state index is -0.267. The maximum absolute atomic E-state index is 12.8. The highest BCUT2D eigenvalue weighted by Gasteiger charge is 2.12. The van der Waals surface area contributed by atoms with Crippen molar-refractivity contribution < 1.29 is 14.3 Å². The van der Waals surface area contributed by atoms with Gasteiger partial charge in [0.2, 0.25) is 0 Å². The van der Waals surface area contributed by atoms with E-state index in [0.717, 1.165) is 41.4 Å². The molecule has 6 heteroatoms. The summed E-state index contributed by atoms with van der Waals surface area (Å²) in [4.78, 5) is 17.4. The molecule has 0 saturated carbocycles. The summed E-state index contributed by atoms with van der Waals surface area (Å²) in [6.07, 6.45) is 4.29. The first-order valence-electron chi connectivity index (χ1n) is 10.2. The second kappa shape index (κ2) is 10.4. The predicted molar refractivity (Wildman–Crippen MR) is 120 cm³/mol. The Labute approximate surface area is 176 Å². The highest BCUT2D eigenvalue weighted by molar-refractivity contribution is 6.06. The van der Waals surface area contributed by atoms with Crippen molar-refractivity contribution in [1.29, 1.82) is 0 Å². The number of pyridine rings is 1. The number of hydrogen-bond donors (Lipinski definition) is 1. The largest absolute Gasteiger partial charge is 0.493 e. The number of nitrogens with zero attached hydrogens (tertiary/aromatic N) is 2. The number of rotatable bonds is 9. The molecule has 1 amide bonds. The molecule has 0 bridgehead atoms. The van der Waals surface area contributed by atoms with Crippen LogP contribution in [0.25, 0.3) is 10.9 Å². The lowest BCUT2D eigenvalue weighted by Gasteiger charge is -2.10. The molecular formula is C24H27N3O3. The molecule has 3 aromatic rings. The van der Waals surface area contributed by atoms with Crippen molar-refractivity contribution in [3.05, 3.63) is 65.4 Å². The highest BCUT2D eigenvalue weighted by Crippen LogP contribution is 2.27. The Kier molecular flexibility index (Phi) is 7.38. The number of carbonyl (C=O) groups is 1. The Morgan fingerprint density at radius 2 is 1.93 bits per heavy atom. The zero-order valence-corrected chi connectivity index (χ0v) is 17.6. The molecule has 0 unspecified atom stereocenters. The van der Waals surface area contributed by atoms with Crippen molar-refractivity contribution in [1.82, 2.24) is 10.4 Å². The van der Waals surface area contributed by atoms with Gasteiger partial charge in [-0.2, -0.15) is 5.10 Å². The second-order valence-corrected chi connectivity index (χ2v) is 6.89. The fourth-order valence-electron chi connectivity index (χ4n) is 3.12. The monoisotopic (exact) mass is 405 g/mol. The summed E-state index contributed by atoms with van der Waals surface area (Å²) in [6, 6.07) is 15.0. The van der Waals surface area contributed by atoms with E-state index in [-0.39, 0.29) is 5.91 Å². The molecule has 0 aliphatic heterocycles. The Bertz CT molecular complexity index is 1050. The normalized spacial score (nSPS) is 11.0. The maximum Gasteiger partial charge on any atom is 0.272 e. The molecule has 0 spiro atoms. The van der Waals surface area contributed by atoms with E-state index in [2.05, 4.69) is 22.4 Å². The van der Waals surface area contributed by atoms with E-state index in [0.29, 0.717) is 23.7 Å². The molecule has 1 aromatic heterocycles. The third-order valence-electron chi connectivity index (χ3n) is 4.55. The lowest BCUT2D eigenvalue weighted by Crippen LogP contribution is -2.18. The number of aryl methyl sites for hydroxylation is 1. The molecular weight excluding hydrogens is 378 g/mol. The van der Waals surface area contributed by atoms with Gasteiger partial charge in [-0.25, -0.2) is 5.43 Å². The van der Waals surface area contributed by atoms with Gasteiger partial charge in [-0.05, 0) is 48.7 Å². The predicted octanol–water partition coefficient (Wildman–Crippen LogP) is 4.75. The van der Waals surface area contributed by atoms with Crippen molar-refractivity contribution in [3.8, 4) is 11.5 Å². The van der Waals surface area contributed by atoms with Crippen LogP contribution < -0.4 is 14.9 Å². The van der Waals surface area contributed by atoms with Crippen LogP contribution >= 0.6 is 0 Å². The number of nitrogens with one attached hydrogen (secondary N) is 1. The van der Waals surface area contributed by atoms with Crippen LogP contribution in [-0.2, 0) is 6.42 Å². The number of benzene rings is 2. The van der Waals surface area contributed by atoms with E-state index in [1.807, 2.05) is 55.5 Å². The Balaban J connectivity index is 1.78. The molecule has 3 rings (SSSR count). The molecule has 1 N–H and O–H groups in total. The number of hydrazone groups is 1. The van der Waals surface area contributed by atoms with Gasteiger partial charge < -0.3 is 9.47 Å². The molecule has 1 heterocycles. The van der Waals surface area contributed by atoms with E-state index >= 15 is 0 Å². The first-order valence-corrected chi connectivity index (χ1v) is 10.2. The number of para-hydroxylation sites is 1. The number of amides is 1. The number of methoxy groups -OCH3 is 1. The van der Waals surface area contributed by atoms with E-state index in [1.165, 1.54) is 0 Å². The minimum absolute atomic E-state index is 0.267. The summed E-state index contributed by atoms with van der Waals surface area (Å²) >= 11 is 0. The summed E-state index contributed by atoms with van der Waals surface area (Å²) in [5.74, 6) is 1.05. The topological polar surface area (TPSA) is 72.8 Å². The summed E-state index contributed by atoms with van der Waals surface area (Å²) in [5.41, 5.74) is 5.70. The summed E-state index contributed by atoms with van der Waals surface area (Å²) < 4.78 is 11.0. The van der Waals surface area contributed by atoms with Gasteiger partial charge in [0.05, 0.1) is 31.0 Å². The number of ether oxygens (including phenoxy) is 2. The van der Waals surface area contributed by atoms with Crippen LogP contribution in [0.3, 0.4) is 0 Å². The van der Waals surface area contributed by atoms with Gasteiger partial charge in [-0.1, -0.05) is 38.5 Å². The van der Waals surface area contributed by atoms with Gasteiger partial charge >= 0.3 is 0 Å². The number of fused-ring (bicyclic) bond motifs is 1. The van der Waals surface area contributed by atoms with Crippen LogP contribution in [0, 0.1) is 0 Å². The zero-order valence-electron chi connectivity index (χ0n) is 17.6. The molecule has 156 valence electrons. The lowest BCUT2D eigenvalue weighted by atomic mass is 10.1. The SMILES string of the molecule is CCCOc1ccc(C=NNC(=O)c2cc(CCC)nc3ccccc23)cc1OC. The van der Waals surface area contributed by atoms with E-state index in [4.69, 9.17) is 9.47 Å². The smallest absolute Gasteiger partial charge is 0.272 e. The van der Waals surface area contributed by atoms with Gasteiger partial charge in [0.1, 0.15) is 0 Å². The van der Waals surface area contributed by atoms with Crippen molar-refractivity contribution in [2.45, 2.75) is 33.1 Å². The lowest BCUT2D eigenvalue weighted by molar-refractivity contribution is 0.0956. The van der Waals surface area contributed by atoms with Gasteiger partial charge in [0.15, 0.2) is 11.5 Å². The molecule has 6 nitrogen and oxygen atoms in total. The third kappa shape index (κ3) is 5.14. The van der Waals surface area contributed by atoms with Crippen LogP contribution in [0.5, 0.6) is 11.5 Å².